The number of hydrogen-bond donors (Lipinski definition) is 1. The Bertz CT molecular complexity index is 745. The van der Waals surface area contributed by atoms with Crippen molar-refractivity contribution in [1.82, 2.24) is 25.0 Å². The van der Waals surface area contributed by atoms with E-state index in [1.54, 1.807) is 11.3 Å². The first-order valence-electron chi connectivity index (χ1n) is 11.0. The van der Waals surface area contributed by atoms with Crippen LogP contribution in [0.25, 0.3) is 5.13 Å². The van der Waals surface area contributed by atoms with Gasteiger partial charge in [-0.3, -0.25) is 9.36 Å². The van der Waals surface area contributed by atoms with Gasteiger partial charge < -0.3 is 15.1 Å². The Morgan fingerprint density at radius 3 is 2.41 bits per heavy atom. The molecule has 29 heavy (non-hydrogen) atoms. The molecular weight excluding hydrogens is 384 g/mol. The molecule has 2 fully saturated rings. The van der Waals surface area contributed by atoms with Crippen molar-refractivity contribution in [1.29, 1.82) is 0 Å². The van der Waals surface area contributed by atoms with Crippen molar-refractivity contribution in [2.45, 2.75) is 44.9 Å². The molecule has 0 aromatic carbocycles. The SMILES string of the molecule is O=C(NCCCN1CCCCCC1)C1CCN(c2nnc(-n3cccc3)s2)CC1. The molecule has 0 spiro atoms. The fourth-order valence-electron chi connectivity index (χ4n) is 4.25. The maximum atomic E-state index is 12.5. The standard InChI is InChI=1S/C21H32N6OS/c28-19(22-10-7-13-25-11-3-1-2-4-12-25)18-8-16-27(17-9-18)21-24-23-20(29-21)26-14-5-6-15-26/h5-6,14-15,18H,1-4,7-13,16-17H2,(H,22,28). The van der Waals surface area contributed by atoms with E-state index < -0.39 is 0 Å². The third-order valence-corrected chi connectivity index (χ3v) is 7.01. The molecule has 2 aromatic rings. The van der Waals surface area contributed by atoms with Crippen LogP contribution in [0.3, 0.4) is 0 Å². The summed E-state index contributed by atoms with van der Waals surface area (Å²) < 4.78 is 1.98. The third kappa shape index (κ3) is 5.57. The fraction of sp³-hybridized carbons (Fsp3) is 0.667. The number of likely N-dealkylation sites (tertiary alicyclic amines) is 1. The zero-order valence-corrected chi connectivity index (χ0v) is 17.9. The number of nitrogens with zero attached hydrogens (tertiary/aromatic N) is 5. The van der Waals surface area contributed by atoms with Crippen LogP contribution in [0.2, 0.25) is 0 Å². The zero-order chi connectivity index (χ0) is 19.9. The van der Waals surface area contributed by atoms with E-state index in [1.165, 1.54) is 38.8 Å². The second-order valence-electron chi connectivity index (χ2n) is 8.12. The molecule has 0 atom stereocenters. The van der Waals surface area contributed by atoms with Crippen LogP contribution >= 0.6 is 11.3 Å². The molecule has 2 aliphatic rings. The first kappa shape index (κ1) is 20.3. The number of amides is 1. The number of piperidine rings is 1. The minimum Gasteiger partial charge on any atom is -0.356 e. The van der Waals surface area contributed by atoms with Crippen LogP contribution in [-0.2, 0) is 4.79 Å². The molecule has 1 N–H and O–H groups in total. The number of aromatic nitrogens is 3. The van der Waals surface area contributed by atoms with Crippen LogP contribution < -0.4 is 10.2 Å². The molecule has 0 bridgehead atoms. The van der Waals surface area contributed by atoms with Gasteiger partial charge in [-0.05, 0) is 63.9 Å². The Labute approximate surface area is 177 Å². The third-order valence-electron chi connectivity index (χ3n) is 6.01. The molecule has 2 aromatic heterocycles. The van der Waals surface area contributed by atoms with E-state index in [4.69, 9.17) is 0 Å². The monoisotopic (exact) mass is 416 g/mol. The second-order valence-corrected chi connectivity index (χ2v) is 9.05. The molecule has 2 aliphatic heterocycles. The number of anilines is 1. The summed E-state index contributed by atoms with van der Waals surface area (Å²) in [6.45, 7) is 6.10. The predicted molar refractivity (Wildman–Crippen MR) is 117 cm³/mol. The minimum absolute atomic E-state index is 0.126. The topological polar surface area (TPSA) is 66.3 Å². The van der Waals surface area contributed by atoms with Gasteiger partial charge in [-0.2, -0.15) is 0 Å². The zero-order valence-electron chi connectivity index (χ0n) is 17.1. The molecule has 1 amide bonds. The molecule has 4 rings (SSSR count). The van der Waals surface area contributed by atoms with Gasteiger partial charge in [0.25, 0.3) is 0 Å². The molecule has 4 heterocycles. The Morgan fingerprint density at radius 2 is 1.69 bits per heavy atom. The van der Waals surface area contributed by atoms with E-state index in [1.807, 2.05) is 29.1 Å². The van der Waals surface area contributed by atoms with E-state index >= 15 is 0 Å². The second kappa shape index (κ2) is 10.2. The van der Waals surface area contributed by atoms with Crippen molar-refractivity contribution < 1.29 is 4.79 Å². The van der Waals surface area contributed by atoms with Crippen LogP contribution in [0.15, 0.2) is 24.5 Å². The van der Waals surface area contributed by atoms with Gasteiger partial charge in [0.15, 0.2) is 0 Å². The van der Waals surface area contributed by atoms with Gasteiger partial charge in [0, 0.05) is 37.9 Å². The Kier molecular flexibility index (Phi) is 7.16. The van der Waals surface area contributed by atoms with E-state index in [0.29, 0.717) is 0 Å². The first-order chi connectivity index (χ1) is 14.3. The minimum atomic E-state index is 0.126. The maximum Gasteiger partial charge on any atom is 0.223 e. The molecule has 8 heteroatoms. The quantitative estimate of drug-likeness (QED) is 0.703. The Hall–Kier alpha value is -1.93. The normalized spacial score (nSPS) is 19.2. The molecular formula is C21H32N6OS. The summed E-state index contributed by atoms with van der Waals surface area (Å²) in [5, 5.41) is 13.6. The van der Waals surface area contributed by atoms with Gasteiger partial charge in [-0.1, -0.05) is 24.2 Å². The Balaban J connectivity index is 1.16. The summed E-state index contributed by atoms with van der Waals surface area (Å²) >= 11 is 1.60. The summed E-state index contributed by atoms with van der Waals surface area (Å²) in [7, 11) is 0. The number of rotatable bonds is 7. The van der Waals surface area contributed by atoms with Crippen molar-refractivity contribution in [3.05, 3.63) is 24.5 Å². The van der Waals surface area contributed by atoms with Gasteiger partial charge in [-0.15, -0.1) is 10.2 Å². The lowest BCUT2D eigenvalue weighted by Crippen LogP contribution is -2.41. The van der Waals surface area contributed by atoms with Crippen LogP contribution in [0.1, 0.15) is 44.9 Å². The molecule has 7 nitrogen and oxygen atoms in total. The van der Waals surface area contributed by atoms with Crippen molar-refractivity contribution in [3.8, 4) is 5.13 Å². The number of hydrogen-bond acceptors (Lipinski definition) is 6. The summed E-state index contributed by atoms with van der Waals surface area (Å²) in [5.41, 5.74) is 0. The van der Waals surface area contributed by atoms with E-state index in [2.05, 4.69) is 25.3 Å². The molecule has 0 radical (unpaired) electrons. The highest BCUT2D eigenvalue weighted by Gasteiger charge is 2.26. The van der Waals surface area contributed by atoms with Gasteiger partial charge >= 0.3 is 0 Å². The van der Waals surface area contributed by atoms with Crippen molar-refractivity contribution in [2.24, 2.45) is 5.92 Å². The number of carbonyl (C=O) groups is 1. The van der Waals surface area contributed by atoms with Gasteiger partial charge in [0.05, 0.1) is 0 Å². The van der Waals surface area contributed by atoms with Gasteiger partial charge in [0.2, 0.25) is 16.2 Å². The van der Waals surface area contributed by atoms with E-state index in [0.717, 1.165) is 55.7 Å². The molecule has 0 aliphatic carbocycles. The van der Waals surface area contributed by atoms with Crippen molar-refractivity contribution in [3.63, 3.8) is 0 Å². The lowest BCUT2D eigenvalue weighted by Gasteiger charge is -2.30. The van der Waals surface area contributed by atoms with E-state index in [9.17, 15) is 4.79 Å². The molecule has 2 saturated heterocycles. The highest BCUT2D eigenvalue weighted by molar-refractivity contribution is 7.17. The van der Waals surface area contributed by atoms with Crippen molar-refractivity contribution in [2.75, 3.05) is 44.2 Å². The largest absolute Gasteiger partial charge is 0.356 e. The fourth-order valence-corrected chi connectivity index (χ4v) is 5.12. The van der Waals surface area contributed by atoms with Gasteiger partial charge in [0.1, 0.15) is 0 Å². The van der Waals surface area contributed by atoms with Crippen molar-refractivity contribution >= 4 is 22.4 Å². The molecule has 0 saturated carbocycles. The number of carbonyl (C=O) groups excluding carboxylic acids is 1. The van der Waals surface area contributed by atoms with Crippen LogP contribution in [0.5, 0.6) is 0 Å². The summed E-state index contributed by atoms with van der Waals surface area (Å²) in [6.07, 6.45) is 12.2. The molecule has 158 valence electrons. The predicted octanol–water partition coefficient (Wildman–Crippen LogP) is 2.93. The summed E-state index contributed by atoms with van der Waals surface area (Å²) in [5.74, 6) is 0.354. The number of nitrogens with one attached hydrogen (secondary N) is 1. The summed E-state index contributed by atoms with van der Waals surface area (Å²) in [6, 6.07) is 3.97. The average Bonchev–Trinajstić information content (AvgIpc) is 3.39. The lowest BCUT2D eigenvalue weighted by molar-refractivity contribution is -0.125. The molecule has 0 unspecified atom stereocenters. The van der Waals surface area contributed by atoms with Crippen LogP contribution in [0.4, 0.5) is 5.13 Å². The van der Waals surface area contributed by atoms with Crippen LogP contribution in [-0.4, -0.2) is 64.8 Å². The van der Waals surface area contributed by atoms with Gasteiger partial charge in [-0.25, -0.2) is 0 Å². The lowest BCUT2D eigenvalue weighted by atomic mass is 9.96. The first-order valence-corrected chi connectivity index (χ1v) is 11.8. The Morgan fingerprint density at radius 1 is 1.00 bits per heavy atom. The summed E-state index contributed by atoms with van der Waals surface area (Å²) in [4.78, 5) is 17.3. The average molecular weight is 417 g/mol. The highest BCUT2D eigenvalue weighted by Crippen LogP contribution is 2.27. The van der Waals surface area contributed by atoms with E-state index in [-0.39, 0.29) is 11.8 Å². The maximum absolute atomic E-state index is 12.5. The van der Waals surface area contributed by atoms with Crippen LogP contribution in [0, 0.1) is 5.92 Å². The smallest absolute Gasteiger partial charge is 0.223 e. The highest BCUT2D eigenvalue weighted by atomic mass is 32.1.